The summed E-state index contributed by atoms with van der Waals surface area (Å²) in [4.78, 5) is 18.9. The van der Waals surface area contributed by atoms with Gasteiger partial charge in [0.05, 0.1) is 17.4 Å². The van der Waals surface area contributed by atoms with Crippen LogP contribution in [0.4, 0.5) is 4.39 Å². The third-order valence-electron chi connectivity index (χ3n) is 6.91. The number of aromatic nitrogens is 6. The molecule has 0 saturated heterocycles. The van der Waals surface area contributed by atoms with Crippen LogP contribution >= 0.6 is 0 Å². The zero-order chi connectivity index (χ0) is 28.3. The summed E-state index contributed by atoms with van der Waals surface area (Å²) in [5, 5.41) is 12.7. The molecule has 0 amide bonds. The number of hydrogen-bond acceptors (Lipinski definition) is 7. The minimum Gasteiger partial charge on any atom is -0.492 e. The third kappa shape index (κ3) is 5.65. The average Bonchev–Trinajstić information content (AvgIpc) is 3.59. The van der Waals surface area contributed by atoms with Crippen molar-refractivity contribution in [1.82, 2.24) is 40.3 Å². The largest absolute Gasteiger partial charge is 0.492 e. The summed E-state index contributed by atoms with van der Waals surface area (Å²) in [5.74, 6) is 0.117. The molecule has 0 bridgehead atoms. The van der Waals surface area contributed by atoms with Crippen LogP contribution in [-0.2, 0) is 6.54 Å². The van der Waals surface area contributed by atoms with Gasteiger partial charge >= 0.3 is 0 Å². The first-order valence-electron chi connectivity index (χ1n) is 13.5. The molecule has 0 unspecified atom stereocenters. The number of benzene rings is 1. The monoisotopic (exact) mass is 550 g/mol. The van der Waals surface area contributed by atoms with E-state index in [1.807, 2.05) is 49.7 Å². The van der Waals surface area contributed by atoms with E-state index in [1.165, 1.54) is 12.1 Å². The molecule has 1 aromatic carbocycles. The number of nitrogens with one attached hydrogen (secondary N) is 3. The Morgan fingerprint density at radius 2 is 1.76 bits per heavy atom. The van der Waals surface area contributed by atoms with E-state index in [4.69, 9.17) is 4.74 Å². The average molecular weight is 551 g/mol. The topological polar surface area (TPSA) is 108 Å². The lowest BCUT2D eigenvalue weighted by atomic mass is 10.0. The Balaban J connectivity index is 1.37. The molecule has 6 rings (SSSR count). The highest BCUT2D eigenvalue weighted by Gasteiger charge is 2.16. The van der Waals surface area contributed by atoms with Gasteiger partial charge in [0.2, 0.25) is 0 Å². The number of ether oxygens (including phenoxy) is 1. The number of nitrogens with zero attached hydrogens (tertiary/aromatic N) is 5. The number of aromatic amines is 2. The summed E-state index contributed by atoms with van der Waals surface area (Å²) in [6.45, 7) is 4.92. The highest BCUT2D eigenvalue weighted by atomic mass is 19.1. The second kappa shape index (κ2) is 11.4. The Labute approximate surface area is 236 Å². The van der Waals surface area contributed by atoms with Crippen LogP contribution < -0.4 is 10.1 Å². The molecule has 0 fully saturated rings. The summed E-state index contributed by atoms with van der Waals surface area (Å²) < 4.78 is 20.4. The second-order valence-corrected chi connectivity index (χ2v) is 10.2. The van der Waals surface area contributed by atoms with E-state index in [1.54, 1.807) is 12.4 Å². The first kappa shape index (κ1) is 26.5. The lowest BCUT2D eigenvalue weighted by molar-refractivity contribution is 0.260. The van der Waals surface area contributed by atoms with E-state index < -0.39 is 0 Å². The van der Waals surface area contributed by atoms with Gasteiger partial charge in [0.1, 0.15) is 23.9 Å². The van der Waals surface area contributed by atoms with Gasteiger partial charge in [-0.15, -0.1) is 0 Å². The van der Waals surface area contributed by atoms with Crippen LogP contribution in [0, 0.1) is 5.82 Å². The standard InChI is InChI=1S/C31H31FN8O/c1-4-33-13-19-7-21(15-34-14-19)22-10-26-30(38-39-31(26)36-16-22)28-12-25-27(17-35-18-29(25)37-28)20-8-23(32)11-24(9-20)41-6-5-40(2)3/h7-12,14-18,33,37H,4-6,13H2,1-3H3,(H,36,38,39). The van der Waals surface area contributed by atoms with E-state index in [0.717, 1.165) is 69.6 Å². The van der Waals surface area contributed by atoms with Gasteiger partial charge < -0.3 is 19.9 Å². The van der Waals surface area contributed by atoms with Crippen molar-refractivity contribution < 1.29 is 9.13 Å². The fraction of sp³-hybridized carbons (Fsp3) is 0.226. The second-order valence-electron chi connectivity index (χ2n) is 10.2. The molecule has 6 aromatic rings. The highest BCUT2D eigenvalue weighted by molar-refractivity contribution is 6.00. The molecule has 0 aliphatic heterocycles. The maximum Gasteiger partial charge on any atom is 0.155 e. The van der Waals surface area contributed by atoms with E-state index in [-0.39, 0.29) is 5.82 Å². The molecule has 0 aliphatic rings. The molecule has 3 N–H and O–H groups in total. The summed E-state index contributed by atoms with van der Waals surface area (Å²) in [6, 6.07) is 11.0. The predicted octanol–water partition coefficient (Wildman–Crippen LogP) is 5.42. The van der Waals surface area contributed by atoms with Crippen molar-refractivity contribution >= 4 is 21.9 Å². The van der Waals surface area contributed by atoms with Crippen molar-refractivity contribution in [3.63, 3.8) is 0 Å². The molecule has 0 radical (unpaired) electrons. The van der Waals surface area contributed by atoms with E-state index in [9.17, 15) is 4.39 Å². The Hall–Kier alpha value is -4.67. The van der Waals surface area contributed by atoms with Crippen molar-refractivity contribution in [2.75, 3.05) is 33.8 Å². The minimum atomic E-state index is -0.365. The number of fused-ring (bicyclic) bond motifs is 2. The summed E-state index contributed by atoms with van der Waals surface area (Å²) >= 11 is 0. The van der Waals surface area contributed by atoms with E-state index in [0.29, 0.717) is 23.6 Å². The Morgan fingerprint density at radius 1 is 0.902 bits per heavy atom. The number of hydrogen-bond donors (Lipinski definition) is 3. The molecular weight excluding hydrogens is 519 g/mol. The molecule has 0 aliphatic carbocycles. The van der Waals surface area contributed by atoms with Crippen LogP contribution in [0.5, 0.6) is 5.75 Å². The summed E-state index contributed by atoms with van der Waals surface area (Å²) in [7, 11) is 3.94. The fourth-order valence-electron chi connectivity index (χ4n) is 4.83. The van der Waals surface area contributed by atoms with Gasteiger partial charge in [-0.2, -0.15) is 5.10 Å². The van der Waals surface area contributed by atoms with Gasteiger partial charge in [0.25, 0.3) is 0 Å². The maximum atomic E-state index is 14.6. The molecular formula is C31H31FN8O. The first-order valence-corrected chi connectivity index (χ1v) is 13.5. The van der Waals surface area contributed by atoms with Crippen molar-refractivity contribution in [2.45, 2.75) is 13.5 Å². The van der Waals surface area contributed by atoms with Crippen molar-refractivity contribution in [1.29, 1.82) is 0 Å². The third-order valence-corrected chi connectivity index (χ3v) is 6.91. The zero-order valence-electron chi connectivity index (χ0n) is 23.2. The SMILES string of the molecule is CCNCc1cncc(-c2cnc3[nH]nc(-c4cc5c(-c6cc(F)cc(OCCN(C)C)c6)cncc5[nH]4)c3c2)c1. The van der Waals surface area contributed by atoms with E-state index in [2.05, 4.69) is 54.5 Å². The number of halogens is 1. The fourth-order valence-corrected chi connectivity index (χ4v) is 4.83. The summed E-state index contributed by atoms with van der Waals surface area (Å²) in [5.41, 5.74) is 7.57. The van der Waals surface area contributed by atoms with Gasteiger partial charge in [0.15, 0.2) is 5.65 Å². The van der Waals surface area contributed by atoms with Crippen molar-refractivity contribution in [2.24, 2.45) is 0 Å². The van der Waals surface area contributed by atoms with E-state index >= 15 is 0 Å². The smallest absolute Gasteiger partial charge is 0.155 e. The van der Waals surface area contributed by atoms with Gasteiger partial charge in [-0.3, -0.25) is 15.1 Å². The van der Waals surface area contributed by atoms with Crippen LogP contribution in [0.15, 0.2) is 67.4 Å². The number of rotatable bonds is 10. The van der Waals surface area contributed by atoms with Gasteiger partial charge in [-0.25, -0.2) is 9.37 Å². The molecule has 5 aromatic heterocycles. The Morgan fingerprint density at radius 3 is 2.61 bits per heavy atom. The predicted molar refractivity (Wildman–Crippen MR) is 159 cm³/mol. The van der Waals surface area contributed by atoms with Gasteiger partial charge in [0, 0.05) is 71.4 Å². The minimum absolute atomic E-state index is 0.365. The van der Waals surface area contributed by atoms with Gasteiger partial charge in [-0.05, 0) is 62.1 Å². The molecule has 0 spiro atoms. The van der Waals surface area contributed by atoms with Crippen LogP contribution in [-0.4, -0.2) is 68.8 Å². The molecule has 5 heterocycles. The van der Waals surface area contributed by atoms with Crippen molar-refractivity contribution in [3.8, 4) is 39.4 Å². The Bertz CT molecular complexity index is 1830. The molecule has 10 heteroatoms. The Kier molecular flexibility index (Phi) is 7.41. The van der Waals surface area contributed by atoms with Crippen molar-refractivity contribution in [3.05, 3.63) is 78.8 Å². The van der Waals surface area contributed by atoms with Crippen LogP contribution in [0.3, 0.4) is 0 Å². The van der Waals surface area contributed by atoms with Crippen LogP contribution in [0.25, 0.3) is 55.6 Å². The molecule has 41 heavy (non-hydrogen) atoms. The molecule has 0 saturated carbocycles. The molecule has 208 valence electrons. The normalized spacial score (nSPS) is 11.6. The summed E-state index contributed by atoms with van der Waals surface area (Å²) in [6.07, 6.45) is 9.04. The maximum absolute atomic E-state index is 14.6. The van der Waals surface area contributed by atoms with Crippen LogP contribution in [0.1, 0.15) is 12.5 Å². The first-order chi connectivity index (χ1) is 20.0. The van der Waals surface area contributed by atoms with Crippen LogP contribution in [0.2, 0.25) is 0 Å². The zero-order valence-corrected chi connectivity index (χ0v) is 23.2. The lowest BCUT2D eigenvalue weighted by Crippen LogP contribution is -2.19. The quantitative estimate of drug-likeness (QED) is 0.209. The lowest BCUT2D eigenvalue weighted by Gasteiger charge is -2.12. The molecule has 9 nitrogen and oxygen atoms in total. The number of pyridine rings is 3. The highest BCUT2D eigenvalue weighted by Crippen LogP contribution is 2.35. The number of likely N-dealkylation sites (N-methyl/N-ethyl adjacent to an activating group) is 1. The number of H-pyrrole nitrogens is 2. The van der Waals surface area contributed by atoms with Gasteiger partial charge in [-0.1, -0.05) is 6.92 Å². The molecule has 0 atom stereocenters.